The summed E-state index contributed by atoms with van der Waals surface area (Å²) in [7, 11) is -3.38. The van der Waals surface area contributed by atoms with Gasteiger partial charge in [-0.05, 0) is 36.6 Å². The van der Waals surface area contributed by atoms with Crippen molar-refractivity contribution in [1.82, 2.24) is 4.72 Å². The lowest BCUT2D eigenvalue weighted by atomic mass is 10.2. The summed E-state index contributed by atoms with van der Waals surface area (Å²) in [6.07, 6.45) is 1.90. The molecule has 6 heteroatoms. The van der Waals surface area contributed by atoms with Crippen molar-refractivity contribution in [3.05, 3.63) is 46.8 Å². The molecular weight excluding hydrogens is 316 g/mol. The second-order valence-electron chi connectivity index (χ2n) is 5.34. The minimum atomic E-state index is -3.38. The number of anilines is 1. The van der Waals surface area contributed by atoms with Crippen LogP contribution in [0.4, 0.5) is 5.69 Å². The number of fused-ring (bicyclic) bond motifs is 1. The predicted octanol–water partition coefficient (Wildman–Crippen LogP) is 2.65. The first kappa shape index (κ1) is 15.5. The number of para-hydroxylation sites is 1. The van der Waals surface area contributed by atoms with Crippen molar-refractivity contribution in [3.63, 3.8) is 0 Å². The summed E-state index contributed by atoms with van der Waals surface area (Å²) in [6, 6.07) is 11.9. The number of hydrogen-bond donors (Lipinski definition) is 1. The molecule has 1 aliphatic rings. The molecule has 0 bridgehead atoms. The molecule has 2 heterocycles. The third-order valence-corrected chi connectivity index (χ3v) is 7.09. The largest absolute Gasteiger partial charge is 0.370 e. The van der Waals surface area contributed by atoms with E-state index >= 15 is 0 Å². The summed E-state index contributed by atoms with van der Waals surface area (Å²) in [5.74, 6) is 0. The summed E-state index contributed by atoms with van der Waals surface area (Å²) < 4.78 is 27.6. The Hall–Kier alpha value is -1.37. The monoisotopic (exact) mass is 336 g/mol. The maximum absolute atomic E-state index is 12.3. The number of nitrogens with one attached hydrogen (secondary N) is 1. The van der Waals surface area contributed by atoms with Gasteiger partial charge in [-0.1, -0.05) is 25.1 Å². The Morgan fingerprint density at radius 3 is 2.82 bits per heavy atom. The van der Waals surface area contributed by atoms with E-state index in [-0.39, 0.29) is 0 Å². The van der Waals surface area contributed by atoms with Crippen molar-refractivity contribution in [2.75, 3.05) is 24.5 Å². The number of nitrogens with zero attached hydrogens (tertiary/aromatic N) is 1. The number of hydrogen-bond acceptors (Lipinski definition) is 4. The van der Waals surface area contributed by atoms with Gasteiger partial charge in [0.25, 0.3) is 0 Å². The number of sulfonamides is 1. The zero-order valence-corrected chi connectivity index (χ0v) is 14.2. The highest BCUT2D eigenvalue weighted by Gasteiger charge is 2.20. The predicted molar refractivity (Wildman–Crippen MR) is 91.2 cm³/mol. The van der Waals surface area contributed by atoms with Crippen LogP contribution in [0.3, 0.4) is 0 Å². The van der Waals surface area contributed by atoms with Crippen molar-refractivity contribution < 1.29 is 8.42 Å². The summed E-state index contributed by atoms with van der Waals surface area (Å²) in [6.45, 7) is 4.11. The van der Waals surface area contributed by atoms with Gasteiger partial charge in [-0.3, -0.25) is 0 Å². The molecule has 1 N–H and O–H groups in total. The fraction of sp³-hybridized carbons (Fsp3) is 0.375. The van der Waals surface area contributed by atoms with Gasteiger partial charge < -0.3 is 4.90 Å². The Morgan fingerprint density at radius 1 is 1.23 bits per heavy atom. The first-order valence-corrected chi connectivity index (χ1v) is 9.81. The molecular formula is C16H20N2O2S2. The first-order chi connectivity index (χ1) is 10.6. The molecule has 4 nitrogen and oxygen atoms in total. The van der Waals surface area contributed by atoms with E-state index in [0.29, 0.717) is 17.3 Å². The molecule has 1 aromatic carbocycles. The van der Waals surface area contributed by atoms with E-state index in [1.54, 1.807) is 6.07 Å². The van der Waals surface area contributed by atoms with E-state index in [9.17, 15) is 8.42 Å². The van der Waals surface area contributed by atoms with Crippen LogP contribution in [0.2, 0.25) is 0 Å². The molecule has 22 heavy (non-hydrogen) atoms. The van der Waals surface area contributed by atoms with Crippen LogP contribution < -0.4 is 9.62 Å². The van der Waals surface area contributed by atoms with Crippen LogP contribution in [0.5, 0.6) is 0 Å². The second-order valence-corrected chi connectivity index (χ2v) is 8.50. The van der Waals surface area contributed by atoms with Gasteiger partial charge in [0, 0.05) is 30.2 Å². The van der Waals surface area contributed by atoms with E-state index in [4.69, 9.17) is 0 Å². The summed E-state index contributed by atoms with van der Waals surface area (Å²) in [4.78, 5) is 3.33. The SMILES string of the molecule is CCc1ccc(S(=O)(=O)NCCN2CCc3ccccc32)s1. The number of benzene rings is 1. The highest BCUT2D eigenvalue weighted by atomic mass is 32.2. The maximum atomic E-state index is 12.3. The molecule has 0 amide bonds. The molecule has 2 aromatic rings. The van der Waals surface area contributed by atoms with Crippen LogP contribution in [0.15, 0.2) is 40.6 Å². The molecule has 0 spiro atoms. The van der Waals surface area contributed by atoms with Crippen molar-refractivity contribution in [1.29, 1.82) is 0 Å². The lowest BCUT2D eigenvalue weighted by Crippen LogP contribution is -2.33. The molecule has 0 aliphatic carbocycles. The van der Waals surface area contributed by atoms with Crippen LogP contribution in [0.25, 0.3) is 0 Å². The molecule has 118 valence electrons. The fourth-order valence-corrected chi connectivity index (χ4v) is 5.08. The quantitative estimate of drug-likeness (QED) is 0.882. The van der Waals surface area contributed by atoms with E-state index < -0.39 is 10.0 Å². The average Bonchev–Trinajstić information content (AvgIpc) is 3.14. The van der Waals surface area contributed by atoms with Gasteiger partial charge in [0.2, 0.25) is 10.0 Å². The summed E-state index contributed by atoms with van der Waals surface area (Å²) in [5, 5.41) is 0. The maximum Gasteiger partial charge on any atom is 0.250 e. The van der Waals surface area contributed by atoms with Crippen LogP contribution in [0, 0.1) is 0 Å². The van der Waals surface area contributed by atoms with Crippen LogP contribution in [-0.2, 0) is 22.9 Å². The van der Waals surface area contributed by atoms with Gasteiger partial charge in [0.05, 0.1) is 0 Å². The van der Waals surface area contributed by atoms with Gasteiger partial charge in [0.1, 0.15) is 4.21 Å². The van der Waals surface area contributed by atoms with Crippen LogP contribution in [0.1, 0.15) is 17.4 Å². The molecule has 0 radical (unpaired) electrons. The average molecular weight is 336 g/mol. The van der Waals surface area contributed by atoms with Crippen molar-refractivity contribution in [3.8, 4) is 0 Å². The molecule has 0 fully saturated rings. The Labute approximate surface area is 135 Å². The Kier molecular flexibility index (Phi) is 4.52. The first-order valence-electron chi connectivity index (χ1n) is 7.51. The summed E-state index contributed by atoms with van der Waals surface area (Å²) >= 11 is 1.35. The molecule has 0 atom stereocenters. The molecule has 1 aromatic heterocycles. The van der Waals surface area contributed by atoms with Crippen molar-refractivity contribution >= 4 is 27.0 Å². The lowest BCUT2D eigenvalue weighted by Gasteiger charge is -2.19. The van der Waals surface area contributed by atoms with E-state index in [2.05, 4.69) is 21.8 Å². The highest BCUT2D eigenvalue weighted by Crippen LogP contribution is 2.27. The molecule has 3 rings (SSSR count). The molecule has 0 saturated carbocycles. The third-order valence-electron chi connectivity index (χ3n) is 3.91. The molecule has 0 unspecified atom stereocenters. The molecule has 0 saturated heterocycles. The van der Waals surface area contributed by atoms with E-state index in [1.165, 1.54) is 22.6 Å². The van der Waals surface area contributed by atoms with E-state index in [1.807, 2.05) is 25.1 Å². The third kappa shape index (κ3) is 3.19. The van der Waals surface area contributed by atoms with Gasteiger partial charge in [-0.2, -0.15) is 0 Å². The Bertz CT molecular complexity index is 753. The van der Waals surface area contributed by atoms with Gasteiger partial charge in [-0.15, -0.1) is 11.3 Å². The number of rotatable bonds is 6. The van der Waals surface area contributed by atoms with Gasteiger partial charge in [0.15, 0.2) is 0 Å². The second kappa shape index (κ2) is 6.40. The Balaban J connectivity index is 1.59. The number of thiophene rings is 1. The highest BCUT2D eigenvalue weighted by molar-refractivity contribution is 7.91. The standard InChI is InChI=1S/C16H20N2O2S2/c1-2-14-7-8-16(21-14)22(19,20)17-10-12-18-11-9-13-5-3-4-6-15(13)18/h3-8,17H,2,9-12H2,1H3. The van der Waals surface area contributed by atoms with Gasteiger partial charge >= 0.3 is 0 Å². The smallest absolute Gasteiger partial charge is 0.250 e. The summed E-state index contributed by atoms with van der Waals surface area (Å²) in [5.41, 5.74) is 2.57. The normalized spacial score (nSPS) is 14.3. The minimum absolute atomic E-state index is 0.408. The van der Waals surface area contributed by atoms with Crippen molar-refractivity contribution in [2.45, 2.75) is 24.0 Å². The van der Waals surface area contributed by atoms with Crippen molar-refractivity contribution in [2.24, 2.45) is 0 Å². The molecule has 1 aliphatic heterocycles. The van der Waals surface area contributed by atoms with Gasteiger partial charge in [-0.25, -0.2) is 13.1 Å². The fourth-order valence-electron chi connectivity index (χ4n) is 2.72. The zero-order chi connectivity index (χ0) is 15.6. The van der Waals surface area contributed by atoms with E-state index in [0.717, 1.165) is 24.3 Å². The zero-order valence-electron chi connectivity index (χ0n) is 12.6. The van der Waals surface area contributed by atoms with Crippen LogP contribution >= 0.6 is 11.3 Å². The lowest BCUT2D eigenvalue weighted by molar-refractivity contribution is 0.583. The minimum Gasteiger partial charge on any atom is -0.370 e. The van der Waals surface area contributed by atoms with Crippen LogP contribution in [-0.4, -0.2) is 28.1 Å². The topological polar surface area (TPSA) is 49.4 Å². The Morgan fingerprint density at radius 2 is 2.05 bits per heavy atom. The number of aryl methyl sites for hydroxylation is 1.